The molecule has 0 saturated carbocycles. The van der Waals surface area contributed by atoms with E-state index in [4.69, 9.17) is 24.4 Å². The maximum atomic E-state index is 5.55. The highest BCUT2D eigenvalue weighted by Gasteiger charge is 2.11. The molecule has 0 bridgehead atoms. The summed E-state index contributed by atoms with van der Waals surface area (Å²) in [6.07, 6.45) is 38.3. The minimum absolute atomic E-state index is 0.307. The molecular formula is C44H82N6S2. The van der Waals surface area contributed by atoms with E-state index < -0.39 is 0 Å². The second kappa shape index (κ2) is 34.9. The number of azo groups is 1. The maximum Gasteiger partial charge on any atom is 0.213 e. The molecule has 0 aromatic heterocycles. The van der Waals surface area contributed by atoms with Crippen LogP contribution in [-0.4, -0.2) is 23.3 Å². The van der Waals surface area contributed by atoms with Crippen LogP contribution in [0.1, 0.15) is 225 Å². The van der Waals surface area contributed by atoms with Crippen LogP contribution in [-0.2, 0) is 0 Å². The highest BCUT2D eigenvalue weighted by molar-refractivity contribution is 7.80. The Kier molecular flexibility index (Phi) is 32.4. The number of hydrogen-bond acceptors (Lipinski definition) is 4. The number of anilines is 1. The maximum absolute atomic E-state index is 5.55. The highest BCUT2D eigenvalue weighted by Crippen LogP contribution is 2.32. The summed E-state index contributed by atoms with van der Waals surface area (Å²) in [6.45, 7) is 12.8. The highest BCUT2D eigenvalue weighted by atomic mass is 32.1. The first-order valence-electron chi connectivity index (χ1n) is 22.0. The predicted molar refractivity (Wildman–Crippen MR) is 238 cm³/mol. The Balaban J connectivity index is 2.19. The Bertz CT molecular complexity index is 1040. The van der Waals surface area contributed by atoms with Gasteiger partial charge in [0.1, 0.15) is 0 Å². The average Bonchev–Trinajstić information content (AvgIpc) is 3.13. The van der Waals surface area contributed by atoms with Crippen LogP contribution in [0, 0.1) is 6.92 Å². The molecule has 1 aromatic rings. The molecule has 8 heteroatoms. The van der Waals surface area contributed by atoms with Crippen molar-refractivity contribution in [2.24, 2.45) is 10.2 Å². The van der Waals surface area contributed by atoms with Crippen LogP contribution in [0.4, 0.5) is 11.4 Å². The van der Waals surface area contributed by atoms with Gasteiger partial charge in [-0.2, -0.15) is 0 Å². The first-order valence-corrected chi connectivity index (χ1v) is 22.8. The third-order valence-electron chi connectivity index (χ3n) is 10.2. The molecular weight excluding hydrogens is 677 g/mol. The van der Waals surface area contributed by atoms with Crippen molar-refractivity contribution >= 4 is 46.0 Å². The molecule has 300 valence electrons. The Hall–Kier alpha value is -1.80. The predicted octanol–water partition coefficient (Wildman–Crippen LogP) is 14.8. The van der Waals surface area contributed by atoms with Crippen LogP contribution in [0.5, 0.6) is 0 Å². The molecule has 4 N–H and O–H groups in total. The van der Waals surface area contributed by atoms with Gasteiger partial charge in [-0.3, -0.25) is 10.9 Å². The normalized spacial score (nSPS) is 11.4. The minimum atomic E-state index is 0.307. The monoisotopic (exact) mass is 759 g/mol. The number of thiocarbonyl (C=S) groups is 2. The van der Waals surface area contributed by atoms with Gasteiger partial charge < -0.3 is 10.6 Å². The fraction of sp³-hybridized carbons (Fsp3) is 0.818. The fourth-order valence-electron chi connectivity index (χ4n) is 6.75. The molecule has 0 atom stereocenters. The van der Waals surface area contributed by atoms with Gasteiger partial charge in [0.2, 0.25) is 5.11 Å². The van der Waals surface area contributed by atoms with Crippen molar-refractivity contribution in [1.29, 1.82) is 0 Å². The second-order valence-electron chi connectivity index (χ2n) is 15.5. The van der Waals surface area contributed by atoms with Crippen LogP contribution < -0.4 is 21.5 Å². The lowest BCUT2D eigenvalue weighted by Gasteiger charge is -2.18. The molecule has 1 aromatic carbocycles. The van der Waals surface area contributed by atoms with Gasteiger partial charge in [-0.1, -0.05) is 195 Å². The number of hydrogen-bond donors (Lipinski definition) is 4. The van der Waals surface area contributed by atoms with Crippen molar-refractivity contribution in [2.75, 3.05) is 18.5 Å². The summed E-state index contributed by atoms with van der Waals surface area (Å²) < 4.78 is 0. The summed E-state index contributed by atoms with van der Waals surface area (Å²) in [5.41, 5.74) is 10.6. The summed E-state index contributed by atoms with van der Waals surface area (Å²) in [5, 5.41) is 16.6. The molecule has 6 nitrogen and oxygen atoms in total. The molecule has 0 heterocycles. The summed E-state index contributed by atoms with van der Waals surface area (Å²) in [7, 11) is 0. The van der Waals surface area contributed by atoms with Gasteiger partial charge in [0, 0.05) is 13.1 Å². The van der Waals surface area contributed by atoms with Crippen LogP contribution in [0.15, 0.2) is 22.4 Å². The molecule has 52 heavy (non-hydrogen) atoms. The lowest BCUT2D eigenvalue weighted by Crippen LogP contribution is -2.39. The Morgan fingerprint density at radius 2 is 0.942 bits per heavy atom. The van der Waals surface area contributed by atoms with E-state index in [1.807, 2.05) is 0 Å². The first-order chi connectivity index (χ1) is 25.4. The Morgan fingerprint density at radius 1 is 0.558 bits per heavy atom. The van der Waals surface area contributed by atoms with E-state index in [1.165, 1.54) is 167 Å². The molecule has 0 unspecified atom stereocenters. The van der Waals surface area contributed by atoms with Crippen LogP contribution in [0.2, 0.25) is 0 Å². The van der Waals surface area contributed by atoms with Gasteiger partial charge in [0.15, 0.2) is 5.11 Å². The summed E-state index contributed by atoms with van der Waals surface area (Å²) in [4.78, 5) is 0. The molecule has 0 amide bonds. The molecule has 0 aliphatic carbocycles. The lowest BCUT2D eigenvalue weighted by atomic mass is 9.98. The molecule has 1 rings (SSSR count). The quantitative estimate of drug-likeness (QED) is 0.0243. The number of rotatable bonds is 34. The smallest absolute Gasteiger partial charge is 0.213 e. The van der Waals surface area contributed by atoms with Crippen molar-refractivity contribution in [2.45, 2.75) is 220 Å². The van der Waals surface area contributed by atoms with Gasteiger partial charge in [-0.15, -0.1) is 10.2 Å². The number of aryl methyl sites for hydroxylation is 1. The zero-order chi connectivity index (χ0) is 37.9. The van der Waals surface area contributed by atoms with E-state index in [2.05, 4.69) is 78.5 Å². The van der Waals surface area contributed by atoms with Gasteiger partial charge in [0.05, 0.1) is 11.4 Å². The van der Waals surface area contributed by atoms with Crippen molar-refractivity contribution < 1.29 is 0 Å². The first kappa shape index (κ1) is 48.2. The van der Waals surface area contributed by atoms with Crippen molar-refractivity contribution in [3.63, 3.8) is 0 Å². The van der Waals surface area contributed by atoms with E-state index in [1.54, 1.807) is 0 Å². The Labute approximate surface area is 333 Å². The fourth-order valence-corrected chi connectivity index (χ4v) is 7.04. The van der Waals surface area contributed by atoms with Crippen LogP contribution in [0.3, 0.4) is 0 Å². The van der Waals surface area contributed by atoms with Gasteiger partial charge >= 0.3 is 0 Å². The molecule has 0 radical (unpaired) electrons. The topological polar surface area (TPSA) is 72.8 Å². The van der Waals surface area contributed by atoms with E-state index in [9.17, 15) is 0 Å². The average molecular weight is 759 g/mol. The summed E-state index contributed by atoms with van der Waals surface area (Å²) in [6, 6.07) is 4.22. The van der Waals surface area contributed by atoms with Gasteiger partial charge in [0.25, 0.3) is 0 Å². The van der Waals surface area contributed by atoms with Crippen LogP contribution in [0.25, 0.3) is 0 Å². The standard InChI is InChI=1S/C44H82N6S2/c1-6-8-10-12-14-16-18-20-22-24-26-28-30-32-34-45-43(51)49-47-41-37-40(38(3)4)42(36-39(41)5)48-50-44(52)46-35-33-31-29-27-25-23-21-19-17-15-13-11-9-7-2/h36-38,48H,6-35H2,1-5H3,(H,45,51)(H2,46,50,52). The van der Waals surface area contributed by atoms with Crippen LogP contribution >= 0.6 is 24.4 Å². The molecule has 0 spiro atoms. The number of benzene rings is 1. The van der Waals surface area contributed by atoms with Crippen molar-refractivity contribution in [3.8, 4) is 0 Å². The van der Waals surface area contributed by atoms with Gasteiger partial charge in [-0.25, -0.2) is 0 Å². The van der Waals surface area contributed by atoms with Gasteiger partial charge in [-0.05, 0) is 73.4 Å². The zero-order valence-corrected chi connectivity index (χ0v) is 36.3. The van der Waals surface area contributed by atoms with E-state index in [0.717, 1.165) is 48.4 Å². The molecule has 0 aliphatic heterocycles. The minimum Gasteiger partial charge on any atom is -0.361 e. The molecule has 0 saturated heterocycles. The lowest BCUT2D eigenvalue weighted by molar-refractivity contribution is 0.535. The molecule has 0 aliphatic rings. The second-order valence-corrected chi connectivity index (χ2v) is 16.3. The number of nitrogens with zero attached hydrogens (tertiary/aromatic N) is 2. The SMILES string of the molecule is CCCCCCCCCCCCCCCCNC(=S)N=Nc1cc(C(C)C)c(NNC(=S)NCCCCCCCCCCCCCCCC)cc1C. The summed E-state index contributed by atoms with van der Waals surface area (Å²) in [5.74, 6) is 0.307. The van der Waals surface area contributed by atoms with Crippen molar-refractivity contribution in [3.05, 3.63) is 23.3 Å². The van der Waals surface area contributed by atoms with Crippen molar-refractivity contribution in [1.82, 2.24) is 16.1 Å². The Morgan fingerprint density at radius 3 is 1.35 bits per heavy atom. The van der Waals surface area contributed by atoms with E-state index in [0.29, 0.717) is 16.1 Å². The third kappa shape index (κ3) is 27.8. The zero-order valence-electron chi connectivity index (χ0n) is 34.7. The molecule has 0 fully saturated rings. The third-order valence-corrected chi connectivity index (χ3v) is 10.6. The largest absolute Gasteiger partial charge is 0.361 e. The number of nitrogens with one attached hydrogen (secondary N) is 4. The van der Waals surface area contributed by atoms with E-state index >= 15 is 0 Å². The summed E-state index contributed by atoms with van der Waals surface area (Å²) >= 11 is 11.0. The van der Waals surface area contributed by atoms with E-state index in [-0.39, 0.29) is 0 Å². The number of unbranched alkanes of at least 4 members (excludes halogenated alkanes) is 26. The number of hydrazine groups is 1.